The SMILES string of the molecule is NCC(NCCC1CCC1)c1ccc(Cl)cc1Cl. The Hall–Kier alpha value is -0.280. The highest BCUT2D eigenvalue weighted by Gasteiger charge is 2.18. The molecule has 18 heavy (non-hydrogen) atoms. The molecule has 3 N–H and O–H groups in total. The quantitative estimate of drug-likeness (QED) is 0.835. The third-order valence-corrected chi connectivity index (χ3v) is 4.30. The van der Waals surface area contributed by atoms with Crippen LogP contribution >= 0.6 is 23.2 Å². The van der Waals surface area contributed by atoms with Crippen LogP contribution in [0.25, 0.3) is 0 Å². The first-order valence-electron chi connectivity index (χ1n) is 6.59. The second-order valence-electron chi connectivity index (χ2n) is 4.99. The molecule has 1 aliphatic rings. The molecule has 2 nitrogen and oxygen atoms in total. The molecule has 2 rings (SSSR count). The van der Waals surface area contributed by atoms with Crippen LogP contribution in [-0.4, -0.2) is 13.1 Å². The number of halogens is 2. The van der Waals surface area contributed by atoms with Gasteiger partial charge in [-0.3, -0.25) is 0 Å². The summed E-state index contributed by atoms with van der Waals surface area (Å²) in [4.78, 5) is 0. The fourth-order valence-electron chi connectivity index (χ4n) is 2.35. The van der Waals surface area contributed by atoms with Crippen LogP contribution in [0.2, 0.25) is 10.0 Å². The highest BCUT2D eigenvalue weighted by atomic mass is 35.5. The molecule has 100 valence electrons. The van der Waals surface area contributed by atoms with Gasteiger partial charge in [-0.25, -0.2) is 0 Å². The molecule has 0 radical (unpaired) electrons. The Bertz CT molecular complexity index is 391. The summed E-state index contributed by atoms with van der Waals surface area (Å²) in [6.07, 6.45) is 5.41. The maximum Gasteiger partial charge on any atom is 0.0469 e. The summed E-state index contributed by atoms with van der Waals surface area (Å²) in [5, 5.41) is 4.84. The molecule has 0 aliphatic heterocycles. The van der Waals surface area contributed by atoms with Crippen molar-refractivity contribution in [1.29, 1.82) is 0 Å². The average molecular weight is 287 g/mol. The van der Waals surface area contributed by atoms with Crippen molar-refractivity contribution >= 4 is 23.2 Å². The zero-order valence-corrected chi connectivity index (χ0v) is 12.0. The van der Waals surface area contributed by atoms with Gasteiger partial charge >= 0.3 is 0 Å². The molecule has 1 aromatic rings. The first-order valence-corrected chi connectivity index (χ1v) is 7.34. The predicted octanol–water partition coefficient (Wildman–Crippen LogP) is 3.77. The lowest BCUT2D eigenvalue weighted by atomic mass is 9.83. The van der Waals surface area contributed by atoms with E-state index in [0.29, 0.717) is 16.6 Å². The van der Waals surface area contributed by atoms with E-state index in [2.05, 4.69) is 5.32 Å². The third kappa shape index (κ3) is 3.61. The van der Waals surface area contributed by atoms with E-state index in [1.165, 1.54) is 25.7 Å². The first kappa shape index (κ1) is 14.1. The van der Waals surface area contributed by atoms with Crippen LogP contribution < -0.4 is 11.1 Å². The third-order valence-electron chi connectivity index (χ3n) is 3.74. The number of nitrogens with one attached hydrogen (secondary N) is 1. The summed E-state index contributed by atoms with van der Waals surface area (Å²) in [5.41, 5.74) is 6.86. The van der Waals surface area contributed by atoms with Crippen molar-refractivity contribution in [3.63, 3.8) is 0 Å². The number of rotatable bonds is 6. The minimum absolute atomic E-state index is 0.120. The fourth-order valence-corrected chi connectivity index (χ4v) is 2.89. The summed E-state index contributed by atoms with van der Waals surface area (Å²) in [5.74, 6) is 0.914. The zero-order chi connectivity index (χ0) is 13.0. The molecule has 0 spiro atoms. The minimum atomic E-state index is 0.120. The Labute approximate surface area is 119 Å². The maximum absolute atomic E-state index is 6.20. The first-order chi connectivity index (χ1) is 8.70. The van der Waals surface area contributed by atoms with Crippen LogP contribution in [-0.2, 0) is 0 Å². The van der Waals surface area contributed by atoms with Gasteiger partial charge in [-0.15, -0.1) is 0 Å². The average Bonchev–Trinajstić information content (AvgIpc) is 2.28. The maximum atomic E-state index is 6.20. The van der Waals surface area contributed by atoms with Gasteiger partial charge in [-0.2, -0.15) is 0 Å². The van der Waals surface area contributed by atoms with Crippen LogP contribution in [0.4, 0.5) is 0 Å². The standard InChI is InChI=1S/C14H20Cl2N2/c15-11-4-5-12(13(16)8-11)14(9-17)18-7-6-10-2-1-3-10/h4-5,8,10,14,18H,1-3,6-7,9,17H2. The van der Waals surface area contributed by atoms with Crippen LogP contribution in [0, 0.1) is 5.92 Å². The molecule has 0 heterocycles. The molecule has 1 aromatic carbocycles. The largest absolute Gasteiger partial charge is 0.329 e. The second-order valence-corrected chi connectivity index (χ2v) is 5.84. The van der Waals surface area contributed by atoms with Crippen molar-refractivity contribution in [2.75, 3.05) is 13.1 Å². The van der Waals surface area contributed by atoms with Crippen LogP contribution in [0.15, 0.2) is 18.2 Å². The van der Waals surface area contributed by atoms with Gasteiger partial charge in [0.25, 0.3) is 0 Å². The topological polar surface area (TPSA) is 38.0 Å². The summed E-state index contributed by atoms with van der Waals surface area (Å²) in [6, 6.07) is 5.71. The zero-order valence-electron chi connectivity index (χ0n) is 10.5. The van der Waals surface area contributed by atoms with Crippen molar-refractivity contribution < 1.29 is 0 Å². The molecule has 1 fully saturated rings. The van der Waals surface area contributed by atoms with Crippen LogP contribution in [0.5, 0.6) is 0 Å². The second kappa shape index (κ2) is 6.76. The highest BCUT2D eigenvalue weighted by molar-refractivity contribution is 6.35. The van der Waals surface area contributed by atoms with Gasteiger partial charge in [-0.1, -0.05) is 48.5 Å². The van der Waals surface area contributed by atoms with E-state index in [9.17, 15) is 0 Å². The molecule has 0 bridgehead atoms. The minimum Gasteiger partial charge on any atom is -0.329 e. The number of hydrogen-bond acceptors (Lipinski definition) is 2. The molecule has 0 aromatic heterocycles. The van der Waals surface area contributed by atoms with E-state index in [4.69, 9.17) is 28.9 Å². The number of hydrogen-bond donors (Lipinski definition) is 2. The summed E-state index contributed by atoms with van der Waals surface area (Å²) < 4.78 is 0. The Balaban J connectivity index is 1.89. The highest BCUT2D eigenvalue weighted by Crippen LogP contribution is 2.29. The molecule has 0 amide bonds. The normalized spacial score (nSPS) is 17.5. The summed E-state index contributed by atoms with van der Waals surface area (Å²) >= 11 is 12.1. The van der Waals surface area contributed by atoms with Crippen molar-refractivity contribution in [3.05, 3.63) is 33.8 Å². The molecule has 1 unspecified atom stereocenters. The van der Waals surface area contributed by atoms with Crippen molar-refractivity contribution in [2.45, 2.75) is 31.7 Å². The van der Waals surface area contributed by atoms with Crippen molar-refractivity contribution in [2.24, 2.45) is 11.7 Å². The Morgan fingerprint density at radius 2 is 2.11 bits per heavy atom. The van der Waals surface area contributed by atoms with E-state index >= 15 is 0 Å². The lowest BCUT2D eigenvalue weighted by Crippen LogP contribution is -2.30. The predicted molar refractivity (Wildman–Crippen MR) is 78.2 cm³/mol. The van der Waals surface area contributed by atoms with E-state index in [1.807, 2.05) is 12.1 Å². The molecule has 1 aliphatic carbocycles. The van der Waals surface area contributed by atoms with Crippen molar-refractivity contribution in [1.82, 2.24) is 5.32 Å². The van der Waals surface area contributed by atoms with Gasteiger partial charge < -0.3 is 11.1 Å². The smallest absolute Gasteiger partial charge is 0.0469 e. The Morgan fingerprint density at radius 3 is 2.67 bits per heavy atom. The van der Waals surface area contributed by atoms with E-state index in [0.717, 1.165) is 18.0 Å². The van der Waals surface area contributed by atoms with Gasteiger partial charge in [0.15, 0.2) is 0 Å². The van der Waals surface area contributed by atoms with Gasteiger partial charge in [0.2, 0.25) is 0 Å². The Morgan fingerprint density at radius 1 is 1.33 bits per heavy atom. The molecule has 0 saturated heterocycles. The lowest BCUT2D eigenvalue weighted by molar-refractivity contribution is 0.288. The van der Waals surface area contributed by atoms with Crippen LogP contribution in [0.3, 0.4) is 0 Å². The van der Waals surface area contributed by atoms with E-state index in [-0.39, 0.29) is 6.04 Å². The van der Waals surface area contributed by atoms with Gasteiger partial charge in [0, 0.05) is 22.6 Å². The van der Waals surface area contributed by atoms with Crippen molar-refractivity contribution in [3.8, 4) is 0 Å². The molecule has 1 saturated carbocycles. The fraction of sp³-hybridized carbons (Fsp3) is 0.571. The number of benzene rings is 1. The molecular formula is C14H20Cl2N2. The molecular weight excluding hydrogens is 267 g/mol. The number of nitrogens with two attached hydrogens (primary N) is 1. The van der Waals surface area contributed by atoms with E-state index in [1.54, 1.807) is 6.07 Å². The van der Waals surface area contributed by atoms with Gasteiger partial charge in [-0.05, 0) is 36.6 Å². The Kier molecular flexibility index (Phi) is 5.31. The lowest BCUT2D eigenvalue weighted by Gasteiger charge is -2.26. The summed E-state index contributed by atoms with van der Waals surface area (Å²) in [6.45, 7) is 1.55. The van der Waals surface area contributed by atoms with Crippen LogP contribution in [0.1, 0.15) is 37.3 Å². The summed E-state index contributed by atoms with van der Waals surface area (Å²) in [7, 11) is 0. The molecule has 4 heteroatoms. The van der Waals surface area contributed by atoms with E-state index < -0.39 is 0 Å². The van der Waals surface area contributed by atoms with Gasteiger partial charge in [0.05, 0.1) is 0 Å². The monoisotopic (exact) mass is 286 g/mol. The van der Waals surface area contributed by atoms with Gasteiger partial charge in [0.1, 0.15) is 0 Å². The molecule has 1 atom stereocenters.